The monoisotopic (exact) mass is 364 g/mol. The van der Waals surface area contributed by atoms with Gasteiger partial charge in [-0.1, -0.05) is 93.3 Å². The first kappa shape index (κ1) is 19.3. The van der Waals surface area contributed by atoms with Gasteiger partial charge in [0.15, 0.2) is 11.6 Å². The maximum Gasteiger partial charge on any atom is 0.166 e. The molecule has 0 bridgehead atoms. The second kappa shape index (κ2) is 9.45. The van der Waals surface area contributed by atoms with Crippen LogP contribution in [0.2, 0.25) is 0 Å². The molecular formula is C25H26F2. The Bertz CT molecular complexity index is 883. The van der Waals surface area contributed by atoms with Crippen molar-refractivity contribution in [2.75, 3.05) is 0 Å². The average molecular weight is 364 g/mol. The summed E-state index contributed by atoms with van der Waals surface area (Å²) in [7, 11) is 0. The molecule has 2 heteroatoms. The van der Waals surface area contributed by atoms with E-state index in [1.807, 2.05) is 30.3 Å². The number of hydrogen-bond acceptors (Lipinski definition) is 0. The molecule has 0 aromatic heterocycles. The topological polar surface area (TPSA) is 0 Å². The third-order valence-corrected chi connectivity index (χ3v) is 4.98. The minimum atomic E-state index is -0.817. The fourth-order valence-electron chi connectivity index (χ4n) is 3.51. The summed E-state index contributed by atoms with van der Waals surface area (Å²) in [6, 6.07) is 20.4. The summed E-state index contributed by atoms with van der Waals surface area (Å²) in [4.78, 5) is 0. The largest absolute Gasteiger partial charge is 0.204 e. The molecule has 3 aromatic rings. The van der Waals surface area contributed by atoms with Gasteiger partial charge < -0.3 is 0 Å². The van der Waals surface area contributed by atoms with E-state index in [2.05, 4.69) is 25.1 Å². The number of benzene rings is 3. The zero-order valence-electron chi connectivity index (χ0n) is 15.8. The Kier molecular flexibility index (Phi) is 6.75. The van der Waals surface area contributed by atoms with E-state index >= 15 is 0 Å². The number of halogens is 2. The van der Waals surface area contributed by atoms with Gasteiger partial charge in [0.05, 0.1) is 0 Å². The summed E-state index contributed by atoms with van der Waals surface area (Å²) in [5.74, 6) is -1.61. The van der Waals surface area contributed by atoms with Crippen molar-refractivity contribution < 1.29 is 8.78 Å². The SMILES string of the molecule is CCCCCCCc1cccc(-c2ccccc2-c2cccc(F)c2F)c1. The van der Waals surface area contributed by atoms with Gasteiger partial charge in [-0.05, 0) is 41.2 Å². The first-order valence-corrected chi connectivity index (χ1v) is 9.83. The lowest BCUT2D eigenvalue weighted by molar-refractivity contribution is 0.511. The van der Waals surface area contributed by atoms with Crippen molar-refractivity contribution in [3.05, 3.63) is 83.9 Å². The zero-order chi connectivity index (χ0) is 19.1. The van der Waals surface area contributed by atoms with Gasteiger partial charge >= 0.3 is 0 Å². The lowest BCUT2D eigenvalue weighted by Gasteiger charge is -2.12. The number of rotatable bonds is 8. The highest BCUT2D eigenvalue weighted by atomic mass is 19.2. The van der Waals surface area contributed by atoms with Gasteiger partial charge in [-0.25, -0.2) is 8.78 Å². The van der Waals surface area contributed by atoms with Gasteiger partial charge in [0, 0.05) is 5.56 Å². The van der Waals surface area contributed by atoms with Crippen LogP contribution in [0.3, 0.4) is 0 Å². The summed E-state index contributed by atoms with van der Waals surface area (Å²) in [6.07, 6.45) is 7.33. The Morgan fingerprint density at radius 1 is 0.667 bits per heavy atom. The molecule has 3 aromatic carbocycles. The molecular weight excluding hydrogens is 338 g/mol. The van der Waals surface area contributed by atoms with E-state index in [-0.39, 0.29) is 0 Å². The molecule has 0 N–H and O–H groups in total. The fourth-order valence-corrected chi connectivity index (χ4v) is 3.51. The van der Waals surface area contributed by atoms with Gasteiger partial charge in [0.2, 0.25) is 0 Å². The van der Waals surface area contributed by atoms with Crippen LogP contribution in [0.5, 0.6) is 0 Å². The molecule has 0 aliphatic heterocycles. The van der Waals surface area contributed by atoms with Crippen LogP contribution in [0.4, 0.5) is 8.78 Å². The first-order valence-electron chi connectivity index (χ1n) is 9.83. The number of unbranched alkanes of at least 4 members (excludes halogenated alkanes) is 4. The molecule has 0 radical (unpaired) electrons. The Morgan fingerprint density at radius 2 is 1.37 bits per heavy atom. The van der Waals surface area contributed by atoms with Crippen molar-refractivity contribution in [2.45, 2.75) is 45.4 Å². The van der Waals surface area contributed by atoms with Gasteiger partial charge in [0.1, 0.15) is 0 Å². The van der Waals surface area contributed by atoms with Crippen LogP contribution in [0.15, 0.2) is 66.7 Å². The van der Waals surface area contributed by atoms with Crippen LogP contribution in [0.1, 0.15) is 44.6 Å². The summed E-state index contributed by atoms with van der Waals surface area (Å²) in [5, 5.41) is 0. The quantitative estimate of drug-likeness (QED) is 0.357. The van der Waals surface area contributed by atoms with Gasteiger partial charge in [0.25, 0.3) is 0 Å². The van der Waals surface area contributed by atoms with Crippen molar-refractivity contribution >= 4 is 0 Å². The van der Waals surface area contributed by atoms with E-state index < -0.39 is 11.6 Å². The van der Waals surface area contributed by atoms with Crippen molar-refractivity contribution in [2.24, 2.45) is 0 Å². The van der Waals surface area contributed by atoms with Crippen molar-refractivity contribution in [1.82, 2.24) is 0 Å². The summed E-state index contributed by atoms with van der Waals surface area (Å²) in [5.41, 5.74) is 4.28. The molecule has 0 nitrogen and oxygen atoms in total. The van der Waals surface area contributed by atoms with E-state index in [1.54, 1.807) is 12.1 Å². The van der Waals surface area contributed by atoms with E-state index in [0.29, 0.717) is 5.56 Å². The summed E-state index contributed by atoms with van der Waals surface area (Å²) < 4.78 is 28.1. The minimum absolute atomic E-state index is 0.301. The predicted octanol–water partition coefficient (Wildman–Crippen LogP) is 7.81. The molecule has 3 rings (SSSR count). The van der Waals surface area contributed by atoms with Crippen LogP contribution >= 0.6 is 0 Å². The van der Waals surface area contributed by atoms with E-state index in [0.717, 1.165) is 29.2 Å². The highest BCUT2D eigenvalue weighted by Crippen LogP contribution is 2.34. The summed E-state index contributed by atoms with van der Waals surface area (Å²) in [6.45, 7) is 2.22. The van der Waals surface area contributed by atoms with Crippen LogP contribution in [-0.2, 0) is 6.42 Å². The van der Waals surface area contributed by atoms with Gasteiger partial charge in [-0.3, -0.25) is 0 Å². The molecule has 0 atom stereocenters. The van der Waals surface area contributed by atoms with Gasteiger partial charge in [-0.2, -0.15) is 0 Å². The van der Waals surface area contributed by atoms with Gasteiger partial charge in [-0.15, -0.1) is 0 Å². The van der Waals surface area contributed by atoms with Crippen molar-refractivity contribution in [1.29, 1.82) is 0 Å². The Hall–Kier alpha value is -2.48. The first-order chi connectivity index (χ1) is 13.2. The normalized spacial score (nSPS) is 10.9. The van der Waals surface area contributed by atoms with E-state index in [9.17, 15) is 8.78 Å². The smallest absolute Gasteiger partial charge is 0.166 e. The molecule has 27 heavy (non-hydrogen) atoms. The molecule has 0 amide bonds. The maximum absolute atomic E-state index is 14.4. The molecule has 0 saturated heterocycles. The van der Waals surface area contributed by atoms with Crippen LogP contribution in [0, 0.1) is 11.6 Å². The van der Waals surface area contributed by atoms with Crippen molar-refractivity contribution in [3.8, 4) is 22.3 Å². The van der Waals surface area contributed by atoms with E-state index in [1.165, 1.54) is 37.7 Å². The molecule has 0 unspecified atom stereocenters. The Morgan fingerprint density at radius 3 is 2.19 bits per heavy atom. The van der Waals surface area contributed by atoms with Crippen LogP contribution in [0.25, 0.3) is 22.3 Å². The maximum atomic E-state index is 14.4. The van der Waals surface area contributed by atoms with Crippen molar-refractivity contribution in [3.63, 3.8) is 0 Å². The second-order valence-electron chi connectivity index (χ2n) is 7.01. The third kappa shape index (κ3) is 4.82. The second-order valence-corrected chi connectivity index (χ2v) is 7.01. The van der Waals surface area contributed by atoms with Crippen LogP contribution < -0.4 is 0 Å². The molecule has 0 heterocycles. The standard InChI is InChI=1S/C25H26F2/c1-2-3-4-5-6-11-19-12-9-13-20(18-19)21-14-7-8-15-22(21)23-16-10-17-24(26)25(23)27/h7-10,12-18H,2-6,11H2,1H3. The average Bonchev–Trinajstić information content (AvgIpc) is 2.70. The molecule has 140 valence electrons. The molecule has 0 saturated carbocycles. The number of aryl methyl sites for hydroxylation is 1. The van der Waals surface area contributed by atoms with E-state index in [4.69, 9.17) is 0 Å². The molecule has 0 aliphatic rings. The Labute approximate surface area is 160 Å². The fraction of sp³-hybridized carbons (Fsp3) is 0.280. The highest BCUT2D eigenvalue weighted by Gasteiger charge is 2.14. The zero-order valence-corrected chi connectivity index (χ0v) is 15.8. The Balaban J connectivity index is 1.87. The van der Waals surface area contributed by atoms with Crippen LogP contribution in [-0.4, -0.2) is 0 Å². The summed E-state index contributed by atoms with van der Waals surface area (Å²) >= 11 is 0. The highest BCUT2D eigenvalue weighted by molar-refractivity contribution is 5.83. The lowest BCUT2D eigenvalue weighted by Crippen LogP contribution is -1.93. The third-order valence-electron chi connectivity index (χ3n) is 4.98. The predicted molar refractivity (Wildman–Crippen MR) is 110 cm³/mol. The number of hydrogen-bond donors (Lipinski definition) is 0. The molecule has 0 fully saturated rings. The molecule has 0 aliphatic carbocycles. The minimum Gasteiger partial charge on any atom is -0.204 e. The lowest BCUT2D eigenvalue weighted by atomic mass is 9.92. The molecule has 0 spiro atoms.